The summed E-state index contributed by atoms with van der Waals surface area (Å²) in [4.78, 5) is 13.1. The molecule has 1 fully saturated rings. The van der Waals surface area contributed by atoms with E-state index in [-0.39, 0.29) is 6.61 Å². The van der Waals surface area contributed by atoms with Gasteiger partial charge in [0.05, 0.1) is 0 Å². The minimum Gasteiger partial charge on any atom is -0.396 e. The van der Waals surface area contributed by atoms with Crippen LogP contribution in [0.4, 0.5) is 5.69 Å². The van der Waals surface area contributed by atoms with Crippen LogP contribution in [0.1, 0.15) is 16.8 Å². The van der Waals surface area contributed by atoms with Gasteiger partial charge in [-0.1, -0.05) is 15.9 Å². The molecule has 1 saturated heterocycles. The van der Waals surface area contributed by atoms with Crippen molar-refractivity contribution in [2.24, 2.45) is 5.92 Å². The summed E-state index contributed by atoms with van der Waals surface area (Å²) >= 11 is 3.41. The Kier molecular flexibility index (Phi) is 3.61. The van der Waals surface area contributed by atoms with Gasteiger partial charge in [-0.3, -0.25) is 4.79 Å². The molecule has 0 saturated carbocycles. The second-order valence-corrected chi connectivity index (χ2v) is 5.02. The van der Waals surface area contributed by atoms with Crippen molar-refractivity contribution >= 4 is 27.9 Å². The van der Waals surface area contributed by atoms with E-state index in [0.717, 1.165) is 36.0 Å². The Labute approximate surface area is 103 Å². The van der Waals surface area contributed by atoms with Gasteiger partial charge in [0.2, 0.25) is 0 Å². The van der Waals surface area contributed by atoms with Crippen LogP contribution in [0.2, 0.25) is 0 Å². The first-order valence-electron chi connectivity index (χ1n) is 5.35. The first-order chi connectivity index (χ1) is 7.74. The minimum absolute atomic E-state index is 0.223. The van der Waals surface area contributed by atoms with Crippen molar-refractivity contribution in [2.75, 3.05) is 24.6 Å². The molecule has 1 aliphatic heterocycles. The Morgan fingerprint density at radius 1 is 1.56 bits per heavy atom. The molecule has 0 aromatic heterocycles. The number of aliphatic hydroxyl groups is 1. The predicted molar refractivity (Wildman–Crippen MR) is 66.9 cm³/mol. The van der Waals surface area contributed by atoms with Gasteiger partial charge in [-0.05, 0) is 24.6 Å². The highest BCUT2D eigenvalue weighted by molar-refractivity contribution is 9.10. The predicted octanol–water partition coefficient (Wildman–Crippen LogP) is 2.08. The molecule has 0 bridgehead atoms. The van der Waals surface area contributed by atoms with Crippen LogP contribution < -0.4 is 4.90 Å². The average Bonchev–Trinajstić information content (AvgIpc) is 2.77. The van der Waals surface area contributed by atoms with Gasteiger partial charge in [-0.25, -0.2) is 0 Å². The summed E-state index contributed by atoms with van der Waals surface area (Å²) in [5, 5.41) is 9.11. The van der Waals surface area contributed by atoms with Gasteiger partial charge in [0, 0.05) is 41.3 Å². The summed E-state index contributed by atoms with van der Waals surface area (Å²) in [5.41, 5.74) is 1.67. The van der Waals surface area contributed by atoms with Crippen molar-refractivity contribution in [1.29, 1.82) is 0 Å². The van der Waals surface area contributed by atoms with Crippen LogP contribution in [0.5, 0.6) is 0 Å². The zero-order chi connectivity index (χ0) is 11.5. The Morgan fingerprint density at radius 3 is 3.00 bits per heavy atom. The number of benzene rings is 1. The maximum Gasteiger partial charge on any atom is 0.152 e. The first kappa shape index (κ1) is 11.6. The average molecular weight is 284 g/mol. The van der Waals surface area contributed by atoms with Crippen molar-refractivity contribution in [3.63, 3.8) is 0 Å². The summed E-state index contributed by atoms with van der Waals surface area (Å²) in [6, 6.07) is 5.65. The highest BCUT2D eigenvalue weighted by atomic mass is 79.9. The first-order valence-corrected chi connectivity index (χ1v) is 6.14. The number of carbonyl (C=O) groups is 1. The highest BCUT2D eigenvalue weighted by Crippen LogP contribution is 2.28. The molecule has 1 aromatic rings. The molecule has 1 atom stereocenters. The molecular formula is C12H14BrNO2. The Bertz CT molecular complexity index is 395. The number of hydrogen-bond acceptors (Lipinski definition) is 3. The van der Waals surface area contributed by atoms with E-state index in [1.807, 2.05) is 18.2 Å². The van der Waals surface area contributed by atoms with Crippen LogP contribution in [-0.2, 0) is 0 Å². The lowest BCUT2D eigenvalue weighted by Crippen LogP contribution is -2.21. The number of anilines is 1. The van der Waals surface area contributed by atoms with Crippen molar-refractivity contribution in [3.8, 4) is 0 Å². The molecule has 0 amide bonds. The summed E-state index contributed by atoms with van der Waals surface area (Å²) in [6.07, 6.45) is 1.87. The standard InChI is InChI=1S/C12H14BrNO2/c13-11-2-1-10(8-16)12(5-11)14-4-3-9(6-14)7-15/h1-2,5,8-9,15H,3-4,6-7H2. The fraction of sp³-hybridized carbons (Fsp3) is 0.417. The van der Waals surface area contributed by atoms with E-state index in [2.05, 4.69) is 20.8 Å². The zero-order valence-electron chi connectivity index (χ0n) is 8.90. The molecular weight excluding hydrogens is 270 g/mol. The summed E-state index contributed by atoms with van der Waals surface area (Å²) in [7, 11) is 0. The van der Waals surface area contributed by atoms with Crippen molar-refractivity contribution < 1.29 is 9.90 Å². The fourth-order valence-electron chi connectivity index (χ4n) is 2.09. The van der Waals surface area contributed by atoms with Crippen LogP contribution >= 0.6 is 15.9 Å². The van der Waals surface area contributed by atoms with Gasteiger partial charge in [-0.15, -0.1) is 0 Å². The van der Waals surface area contributed by atoms with Crippen LogP contribution in [0.3, 0.4) is 0 Å². The SMILES string of the molecule is O=Cc1ccc(Br)cc1N1CCC(CO)C1. The molecule has 0 aliphatic carbocycles. The molecule has 16 heavy (non-hydrogen) atoms. The number of aliphatic hydroxyl groups excluding tert-OH is 1. The molecule has 1 aromatic carbocycles. The molecule has 0 spiro atoms. The van der Waals surface area contributed by atoms with E-state index < -0.39 is 0 Å². The van der Waals surface area contributed by atoms with E-state index in [1.165, 1.54) is 0 Å². The number of halogens is 1. The smallest absolute Gasteiger partial charge is 0.152 e. The normalized spacial score (nSPS) is 20.1. The third-order valence-corrected chi connectivity index (χ3v) is 3.50. The van der Waals surface area contributed by atoms with E-state index in [1.54, 1.807) is 0 Å². The largest absolute Gasteiger partial charge is 0.396 e. The molecule has 2 rings (SSSR count). The van der Waals surface area contributed by atoms with Gasteiger partial charge in [0.1, 0.15) is 0 Å². The summed E-state index contributed by atoms with van der Waals surface area (Å²) in [5.74, 6) is 0.332. The lowest BCUT2D eigenvalue weighted by atomic mass is 10.1. The minimum atomic E-state index is 0.223. The van der Waals surface area contributed by atoms with Crippen molar-refractivity contribution in [1.82, 2.24) is 0 Å². The Morgan fingerprint density at radius 2 is 2.38 bits per heavy atom. The number of carbonyl (C=O) groups excluding carboxylic acids is 1. The Hall–Kier alpha value is -0.870. The molecule has 1 N–H and O–H groups in total. The van der Waals surface area contributed by atoms with Crippen LogP contribution in [-0.4, -0.2) is 31.1 Å². The maximum atomic E-state index is 11.0. The number of aldehydes is 1. The number of rotatable bonds is 3. The second kappa shape index (κ2) is 4.97. The van der Waals surface area contributed by atoms with Gasteiger partial charge < -0.3 is 10.0 Å². The lowest BCUT2D eigenvalue weighted by molar-refractivity contribution is 0.112. The molecule has 1 unspecified atom stereocenters. The molecule has 1 aliphatic rings. The van der Waals surface area contributed by atoms with Crippen LogP contribution in [0.15, 0.2) is 22.7 Å². The Balaban J connectivity index is 2.26. The van der Waals surface area contributed by atoms with Crippen molar-refractivity contribution in [3.05, 3.63) is 28.2 Å². The molecule has 4 heteroatoms. The van der Waals surface area contributed by atoms with E-state index >= 15 is 0 Å². The number of hydrogen-bond donors (Lipinski definition) is 1. The topological polar surface area (TPSA) is 40.5 Å². The van der Waals surface area contributed by atoms with Gasteiger partial charge >= 0.3 is 0 Å². The van der Waals surface area contributed by atoms with Gasteiger partial charge in [0.25, 0.3) is 0 Å². The molecule has 0 radical (unpaired) electrons. The zero-order valence-corrected chi connectivity index (χ0v) is 10.5. The van der Waals surface area contributed by atoms with E-state index in [9.17, 15) is 4.79 Å². The second-order valence-electron chi connectivity index (χ2n) is 4.10. The summed E-state index contributed by atoms with van der Waals surface area (Å²) < 4.78 is 0.973. The third-order valence-electron chi connectivity index (χ3n) is 3.00. The maximum absolute atomic E-state index is 11.0. The fourth-order valence-corrected chi connectivity index (χ4v) is 2.44. The van der Waals surface area contributed by atoms with E-state index in [4.69, 9.17) is 5.11 Å². The number of nitrogens with zero attached hydrogens (tertiary/aromatic N) is 1. The van der Waals surface area contributed by atoms with Crippen molar-refractivity contribution in [2.45, 2.75) is 6.42 Å². The lowest BCUT2D eigenvalue weighted by Gasteiger charge is -2.20. The quantitative estimate of drug-likeness (QED) is 0.864. The third kappa shape index (κ3) is 2.28. The molecule has 1 heterocycles. The molecule has 86 valence electrons. The summed E-state index contributed by atoms with van der Waals surface area (Å²) in [6.45, 7) is 1.96. The van der Waals surface area contributed by atoms with Crippen LogP contribution in [0, 0.1) is 5.92 Å². The van der Waals surface area contributed by atoms with Gasteiger partial charge in [0.15, 0.2) is 6.29 Å². The van der Waals surface area contributed by atoms with E-state index in [0.29, 0.717) is 11.5 Å². The highest BCUT2D eigenvalue weighted by Gasteiger charge is 2.23. The van der Waals surface area contributed by atoms with Crippen LogP contribution in [0.25, 0.3) is 0 Å². The van der Waals surface area contributed by atoms with Gasteiger partial charge in [-0.2, -0.15) is 0 Å². The molecule has 3 nitrogen and oxygen atoms in total. The monoisotopic (exact) mass is 283 g/mol.